The topological polar surface area (TPSA) is 18.5 Å². The molecule has 21 heavy (non-hydrogen) atoms. The van der Waals surface area contributed by atoms with Crippen molar-refractivity contribution in [2.75, 3.05) is 13.2 Å². The molecular formula is C16H13ClF2O2. The highest BCUT2D eigenvalue weighted by Gasteiger charge is 2.21. The highest BCUT2D eigenvalue weighted by Crippen LogP contribution is 2.40. The molecule has 3 rings (SSSR count). The van der Waals surface area contributed by atoms with E-state index in [-0.39, 0.29) is 6.42 Å². The molecule has 0 N–H and O–H groups in total. The van der Waals surface area contributed by atoms with Crippen molar-refractivity contribution in [3.05, 3.63) is 59.2 Å². The molecule has 2 aromatic rings. The van der Waals surface area contributed by atoms with Crippen LogP contribution in [0.1, 0.15) is 16.5 Å². The predicted molar refractivity (Wildman–Crippen MR) is 76.1 cm³/mol. The Hall–Kier alpha value is -1.81. The molecular weight excluding hydrogens is 298 g/mol. The maximum absolute atomic E-state index is 13.7. The van der Waals surface area contributed by atoms with E-state index in [4.69, 9.17) is 21.1 Å². The van der Waals surface area contributed by atoms with E-state index in [2.05, 4.69) is 0 Å². The molecule has 1 atom stereocenters. The van der Waals surface area contributed by atoms with Gasteiger partial charge in [-0.3, -0.25) is 0 Å². The first-order valence-electron chi connectivity index (χ1n) is 6.61. The van der Waals surface area contributed by atoms with Crippen molar-refractivity contribution < 1.29 is 18.3 Å². The summed E-state index contributed by atoms with van der Waals surface area (Å²) < 4.78 is 37.7. The molecule has 110 valence electrons. The number of hydrogen-bond acceptors (Lipinski definition) is 2. The smallest absolute Gasteiger partial charge is 0.166 e. The Labute approximate surface area is 126 Å². The summed E-state index contributed by atoms with van der Waals surface area (Å²) in [6.07, 6.45) is 0.244. The number of hydrogen-bond donors (Lipinski definition) is 0. The molecule has 0 saturated heterocycles. The van der Waals surface area contributed by atoms with Gasteiger partial charge in [0.2, 0.25) is 0 Å². The molecule has 2 nitrogen and oxygen atoms in total. The Balaban J connectivity index is 1.87. The number of para-hydroxylation sites is 1. The minimum Gasteiger partial charge on any atom is -0.486 e. The third-order valence-electron chi connectivity index (χ3n) is 3.35. The van der Waals surface area contributed by atoms with Crippen LogP contribution in [0.3, 0.4) is 0 Å². The van der Waals surface area contributed by atoms with Crippen LogP contribution in [0.25, 0.3) is 0 Å². The minimum absolute atomic E-state index is 0.244. The van der Waals surface area contributed by atoms with Gasteiger partial charge < -0.3 is 9.47 Å². The molecule has 2 aromatic carbocycles. The predicted octanol–water partition coefficient (Wildman–Crippen LogP) is 4.26. The molecule has 0 saturated carbocycles. The number of benzene rings is 2. The summed E-state index contributed by atoms with van der Waals surface area (Å²) in [6.45, 7) is 0.953. The molecule has 5 heteroatoms. The molecule has 0 spiro atoms. The largest absolute Gasteiger partial charge is 0.486 e. The lowest BCUT2D eigenvalue weighted by Crippen LogP contribution is -2.17. The Kier molecular flexibility index (Phi) is 3.97. The lowest BCUT2D eigenvalue weighted by Gasteiger charge is -2.23. The second-order valence-corrected chi connectivity index (χ2v) is 5.31. The number of halogens is 3. The average Bonchev–Trinajstić information content (AvgIpc) is 2.49. The van der Waals surface area contributed by atoms with Gasteiger partial charge in [0, 0.05) is 11.6 Å². The van der Waals surface area contributed by atoms with E-state index in [1.165, 1.54) is 12.1 Å². The van der Waals surface area contributed by atoms with Crippen molar-refractivity contribution in [1.82, 2.24) is 0 Å². The van der Waals surface area contributed by atoms with Gasteiger partial charge in [0.05, 0.1) is 5.38 Å². The monoisotopic (exact) mass is 310 g/mol. The van der Waals surface area contributed by atoms with Crippen LogP contribution in [0.4, 0.5) is 8.78 Å². The number of fused-ring (bicyclic) bond motifs is 1. The summed E-state index contributed by atoms with van der Waals surface area (Å²) >= 11 is 6.39. The molecule has 1 aliphatic rings. The van der Waals surface area contributed by atoms with Crippen molar-refractivity contribution in [2.45, 2.75) is 11.8 Å². The van der Waals surface area contributed by atoms with Crippen LogP contribution in [0.15, 0.2) is 36.4 Å². The van der Waals surface area contributed by atoms with E-state index >= 15 is 0 Å². The maximum atomic E-state index is 13.7. The molecule has 0 bridgehead atoms. The fraction of sp³-hybridized carbons (Fsp3) is 0.250. The SMILES string of the molecule is Fc1ccc(CC(Cl)c2cccc3c2OCCO3)c(F)c1. The zero-order chi connectivity index (χ0) is 14.8. The second-order valence-electron chi connectivity index (χ2n) is 4.78. The summed E-state index contributed by atoms with van der Waals surface area (Å²) in [4.78, 5) is 0. The Morgan fingerprint density at radius 3 is 2.71 bits per heavy atom. The molecule has 0 aromatic heterocycles. The van der Waals surface area contributed by atoms with Crippen LogP contribution in [0, 0.1) is 11.6 Å². The van der Waals surface area contributed by atoms with Crippen LogP contribution in [-0.4, -0.2) is 13.2 Å². The molecule has 0 amide bonds. The minimum atomic E-state index is -0.601. The third kappa shape index (κ3) is 2.95. The summed E-state index contributed by atoms with van der Waals surface area (Å²) in [5.41, 5.74) is 1.11. The zero-order valence-corrected chi connectivity index (χ0v) is 11.9. The fourth-order valence-electron chi connectivity index (χ4n) is 2.33. The molecule has 1 unspecified atom stereocenters. The van der Waals surface area contributed by atoms with Crippen LogP contribution >= 0.6 is 11.6 Å². The first kappa shape index (κ1) is 14.1. The molecule has 1 heterocycles. The number of ether oxygens (including phenoxy) is 2. The lowest BCUT2D eigenvalue weighted by atomic mass is 10.0. The van der Waals surface area contributed by atoms with Crippen molar-refractivity contribution in [2.24, 2.45) is 0 Å². The quantitative estimate of drug-likeness (QED) is 0.789. The Bertz CT molecular complexity index is 661. The standard InChI is InChI=1S/C16H13ClF2O2/c17-13(8-10-4-5-11(18)9-14(10)19)12-2-1-3-15-16(12)21-7-6-20-15/h1-5,9,13H,6-8H2. The highest BCUT2D eigenvalue weighted by atomic mass is 35.5. The Morgan fingerprint density at radius 1 is 1.10 bits per heavy atom. The van der Waals surface area contributed by atoms with E-state index in [9.17, 15) is 8.78 Å². The van der Waals surface area contributed by atoms with Gasteiger partial charge in [-0.25, -0.2) is 8.78 Å². The van der Waals surface area contributed by atoms with Gasteiger partial charge in [-0.1, -0.05) is 18.2 Å². The van der Waals surface area contributed by atoms with E-state index in [0.29, 0.717) is 30.3 Å². The van der Waals surface area contributed by atoms with E-state index in [1.54, 1.807) is 6.07 Å². The van der Waals surface area contributed by atoms with Gasteiger partial charge in [-0.05, 0) is 24.1 Å². The van der Waals surface area contributed by atoms with Crippen molar-refractivity contribution >= 4 is 11.6 Å². The second kappa shape index (κ2) is 5.90. The summed E-state index contributed by atoms with van der Waals surface area (Å²) in [5.74, 6) is 0.0501. The highest BCUT2D eigenvalue weighted by molar-refractivity contribution is 6.21. The average molecular weight is 311 g/mol. The van der Waals surface area contributed by atoms with Crippen LogP contribution in [0.2, 0.25) is 0 Å². The van der Waals surface area contributed by atoms with Gasteiger partial charge in [-0.15, -0.1) is 11.6 Å². The number of alkyl halides is 1. The van der Waals surface area contributed by atoms with E-state index in [0.717, 1.165) is 11.6 Å². The van der Waals surface area contributed by atoms with Crippen LogP contribution in [-0.2, 0) is 6.42 Å². The van der Waals surface area contributed by atoms with Gasteiger partial charge in [-0.2, -0.15) is 0 Å². The van der Waals surface area contributed by atoms with E-state index in [1.807, 2.05) is 12.1 Å². The molecule has 0 radical (unpaired) electrons. The molecule has 1 aliphatic heterocycles. The Morgan fingerprint density at radius 2 is 1.90 bits per heavy atom. The fourth-order valence-corrected chi connectivity index (χ4v) is 2.67. The molecule has 0 fully saturated rings. The van der Waals surface area contributed by atoms with E-state index < -0.39 is 17.0 Å². The summed E-state index contributed by atoms with van der Waals surface area (Å²) in [6, 6.07) is 8.94. The van der Waals surface area contributed by atoms with Crippen molar-refractivity contribution in [1.29, 1.82) is 0 Å². The van der Waals surface area contributed by atoms with Gasteiger partial charge in [0.15, 0.2) is 11.5 Å². The van der Waals surface area contributed by atoms with Crippen LogP contribution in [0.5, 0.6) is 11.5 Å². The first-order chi connectivity index (χ1) is 10.1. The lowest BCUT2D eigenvalue weighted by molar-refractivity contribution is 0.170. The van der Waals surface area contributed by atoms with Gasteiger partial charge in [0.1, 0.15) is 24.8 Å². The van der Waals surface area contributed by atoms with Crippen molar-refractivity contribution in [3.63, 3.8) is 0 Å². The first-order valence-corrected chi connectivity index (χ1v) is 7.05. The van der Waals surface area contributed by atoms with Crippen molar-refractivity contribution in [3.8, 4) is 11.5 Å². The summed E-state index contributed by atoms with van der Waals surface area (Å²) in [5, 5.41) is -0.485. The maximum Gasteiger partial charge on any atom is 0.166 e. The zero-order valence-electron chi connectivity index (χ0n) is 11.1. The van der Waals surface area contributed by atoms with Gasteiger partial charge >= 0.3 is 0 Å². The van der Waals surface area contributed by atoms with Gasteiger partial charge in [0.25, 0.3) is 0 Å². The normalized spacial score (nSPS) is 14.8. The molecule has 0 aliphatic carbocycles. The third-order valence-corrected chi connectivity index (χ3v) is 3.74. The summed E-state index contributed by atoms with van der Waals surface area (Å²) in [7, 11) is 0. The number of rotatable bonds is 3. The van der Waals surface area contributed by atoms with Crippen LogP contribution < -0.4 is 9.47 Å².